The summed E-state index contributed by atoms with van der Waals surface area (Å²) in [6.07, 6.45) is 1.79. The summed E-state index contributed by atoms with van der Waals surface area (Å²) in [6, 6.07) is 9.64. The van der Waals surface area contributed by atoms with E-state index in [9.17, 15) is 9.90 Å². The van der Waals surface area contributed by atoms with Gasteiger partial charge in [-0.15, -0.1) is 0 Å². The number of carbonyl (C=O) groups is 1. The lowest BCUT2D eigenvalue weighted by atomic mass is 10.0. The Kier molecular flexibility index (Phi) is 7.26. The molecule has 0 aromatic heterocycles. The van der Waals surface area contributed by atoms with Gasteiger partial charge in [-0.3, -0.25) is 9.80 Å². The minimum absolute atomic E-state index is 0.262. The fraction of sp³-hybridized carbons (Fsp3) is 0.562. The van der Waals surface area contributed by atoms with Crippen molar-refractivity contribution in [3.8, 4) is 0 Å². The lowest BCUT2D eigenvalue weighted by molar-refractivity contribution is -0.126. The standard InChI is InChI=1S/C16H26N2O2/c1-13(2)9-10-17-18(12-19)16(14(3)20)11-15-7-5-4-6-8-15/h4-8,12-14,16-17,20H,9-11H2,1-3H3. The number of carbonyl (C=O) groups excluding carboxylic acids is 1. The molecule has 112 valence electrons. The molecule has 0 bridgehead atoms. The van der Waals surface area contributed by atoms with Gasteiger partial charge in [0.15, 0.2) is 0 Å². The van der Waals surface area contributed by atoms with Gasteiger partial charge in [0.25, 0.3) is 0 Å². The average molecular weight is 278 g/mol. The van der Waals surface area contributed by atoms with E-state index in [1.165, 1.54) is 5.01 Å². The first-order valence-electron chi connectivity index (χ1n) is 7.23. The summed E-state index contributed by atoms with van der Waals surface area (Å²) in [7, 11) is 0. The van der Waals surface area contributed by atoms with Crippen LogP contribution in [0.15, 0.2) is 30.3 Å². The van der Waals surface area contributed by atoms with Crippen molar-refractivity contribution in [1.82, 2.24) is 10.4 Å². The Morgan fingerprint density at radius 2 is 1.90 bits per heavy atom. The van der Waals surface area contributed by atoms with Crippen LogP contribution in [0.25, 0.3) is 0 Å². The van der Waals surface area contributed by atoms with Gasteiger partial charge in [-0.05, 0) is 31.2 Å². The average Bonchev–Trinajstić information content (AvgIpc) is 2.42. The van der Waals surface area contributed by atoms with Gasteiger partial charge < -0.3 is 5.11 Å². The van der Waals surface area contributed by atoms with Crippen LogP contribution in [0.1, 0.15) is 32.8 Å². The molecule has 20 heavy (non-hydrogen) atoms. The zero-order valence-corrected chi connectivity index (χ0v) is 12.6. The van der Waals surface area contributed by atoms with Gasteiger partial charge in [-0.1, -0.05) is 44.2 Å². The molecule has 0 fully saturated rings. The second-order valence-electron chi connectivity index (χ2n) is 5.60. The van der Waals surface area contributed by atoms with Crippen molar-refractivity contribution in [3.05, 3.63) is 35.9 Å². The quantitative estimate of drug-likeness (QED) is 0.536. The molecule has 0 aliphatic rings. The molecule has 0 saturated carbocycles. The van der Waals surface area contributed by atoms with E-state index in [1.54, 1.807) is 6.92 Å². The molecule has 0 aliphatic heterocycles. The van der Waals surface area contributed by atoms with Crippen LogP contribution in [0, 0.1) is 5.92 Å². The van der Waals surface area contributed by atoms with Crippen LogP contribution < -0.4 is 5.43 Å². The van der Waals surface area contributed by atoms with Crippen molar-refractivity contribution < 1.29 is 9.90 Å². The molecule has 2 atom stereocenters. The molecule has 4 heteroatoms. The number of nitrogens with zero attached hydrogens (tertiary/aromatic N) is 1. The number of nitrogens with one attached hydrogen (secondary N) is 1. The Balaban J connectivity index is 2.64. The molecule has 1 aromatic rings. The maximum Gasteiger partial charge on any atom is 0.224 e. The molecule has 1 amide bonds. The molecule has 0 heterocycles. The Bertz CT molecular complexity index is 379. The molecule has 2 unspecified atom stereocenters. The Morgan fingerprint density at radius 1 is 1.25 bits per heavy atom. The summed E-state index contributed by atoms with van der Waals surface area (Å²) in [6.45, 7) is 6.73. The topological polar surface area (TPSA) is 52.6 Å². The predicted molar refractivity (Wildman–Crippen MR) is 81.0 cm³/mol. The maximum absolute atomic E-state index is 11.3. The van der Waals surface area contributed by atoms with Crippen molar-refractivity contribution in [3.63, 3.8) is 0 Å². The van der Waals surface area contributed by atoms with Crippen molar-refractivity contribution in [2.75, 3.05) is 6.54 Å². The summed E-state index contributed by atoms with van der Waals surface area (Å²) in [5, 5.41) is 11.4. The van der Waals surface area contributed by atoms with Crippen LogP contribution in [0.2, 0.25) is 0 Å². The van der Waals surface area contributed by atoms with Gasteiger partial charge in [-0.25, -0.2) is 5.43 Å². The van der Waals surface area contributed by atoms with Crippen LogP contribution in [-0.2, 0) is 11.2 Å². The van der Waals surface area contributed by atoms with Gasteiger partial charge >= 0.3 is 0 Å². The number of benzene rings is 1. The van der Waals surface area contributed by atoms with E-state index in [-0.39, 0.29) is 6.04 Å². The van der Waals surface area contributed by atoms with Crippen molar-refractivity contribution in [2.24, 2.45) is 5.92 Å². The zero-order valence-electron chi connectivity index (χ0n) is 12.6. The number of hydrazine groups is 1. The van der Waals surface area contributed by atoms with E-state index < -0.39 is 6.10 Å². The number of hydrogen-bond acceptors (Lipinski definition) is 3. The minimum Gasteiger partial charge on any atom is -0.391 e. The van der Waals surface area contributed by atoms with Crippen LogP contribution in [0.3, 0.4) is 0 Å². The van der Waals surface area contributed by atoms with Crippen molar-refractivity contribution >= 4 is 6.41 Å². The fourth-order valence-corrected chi connectivity index (χ4v) is 2.07. The zero-order chi connectivity index (χ0) is 15.0. The lowest BCUT2D eigenvalue weighted by Gasteiger charge is -2.31. The van der Waals surface area contributed by atoms with Gasteiger partial charge in [0.05, 0.1) is 12.1 Å². The normalized spacial score (nSPS) is 14.1. The second kappa shape index (κ2) is 8.72. The molecule has 1 aromatic carbocycles. The SMILES string of the molecule is CC(C)CCNN(C=O)C(Cc1ccccc1)C(C)O. The lowest BCUT2D eigenvalue weighted by Crippen LogP contribution is -2.51. The largest absolute Gasteiger partial charge is 0.391 e. The maximum atomic E-state index is 11.3. The Labute approximate surface area is 121 Å². The van der Waals surface area contributed by atoms with Crippen molar-refractivity contribution in [1.29, 1.82) is 0 Å². The minimum atomic E-state index is -0.591. The first-order chi connectivity index (χ1) is 9.54. The van der Waals surface area contributed by atoms with E-state index in [0.29, 0.717) is 12.3 Å². The van der Waals surface area contributed by atoms with Crippen LogP contribution >= 0.6 is 0 Å². The molecule has 0 saturated heterocycles. The van der Waals surface area contributed by atoms with Crippen LogP contribution in [-0.4, -0.2) is 35.2 Å². The number of amides is 1. The predicted octanol–water partition coefficient (Wildman–Crippen LogP) is 1.99. The number of rotatable bonds is 9. The first kappa shape index (κ1) is 16.7. The smallest absolute Gasteiger partial charge is 0.224 e. The summed E-state index contributed by atoms with van der Waals surface area (Å²) >= 11 is 0. The van der Waals surface area contributed by atoms with E-state index in [4.69, 9.17) is 0 Å². The first-order valence-corrected chi connectivity index (χ1v) is 7.23. The fourth-order valence-electron chi connectivity index (χ4n) is 2.07. The molecule has 2 N–H and O–H groups in total. The van der Waals surface area contributed by atoms with Gasteiger partial charge in [0.2, 0.25) is 6.41 Å². The number of hydrogen-bond donors (Lipinski definition) is 2. The molecular weight excluding hydrogens is 252 g/mol. The van der Waals surface area contributed by atoms with E-state index in [2.05, 4.69) is 19.3 Å². The van der Waals surface area contributed by atoms with Gasteiger partial charge in [-0.2, -0.15) is 0 Å². The monoisotopic (exact) mass is 278 g/mol. The van der Waals surface area contributed by atoms with Crippen LogP contribution in [0.5, 0.6) is 0 Å². The summed E-state index contributed by atoms with van der Waals surface area (Å²) in [4.78, 5) is 11.3. The van der Waals surface area contributed by atoms with Gasteiger partial charge in [0, 0.05) is 6.54 Å². The van der Waals surface area contributed by atoms with Crippen LogP contribution in [0.4, 0.5) is 0 Å². The third kappa shape index (κ3) is 5.72. The molecule has 0 aliphatic carbocycles. The van der Waals surface area contributed by atoms with E-state index in [1.807, 2.05) is 30.3 Å². The third-order valence-electron chi connectivity index (χ3n) is 3.33. The second-order valence-corrected chi connectivity index (χ2v) is 5.60. The van der Waals surface area contributed by atoms with Gasteiger partial charge in [0.1, 0.15) is 0 Å². The highest BCUT2D eigenvalue weighted by Gasteiger charge is 2.22. The summed E-state index contributed by atoms with van der Waals surface area (Å²) in [5.41, 5.74) is 4.22. The van der Waals surface area contributed by atoms with E-state index in [0.717, 1.165) is 24.9 Å². The third-order valence-corrected chi connectivity index (χ3v) is 3.33. The highest BCUT2D eigenvalue weighted by Crippen LogP contribution is 2.10. The summed E-state index contributed by atoms with van der Waals surface area (Å²) in [5.74, 6) is 0.579. The molecule has 0 radical (unpaired) electrons. The van der Waals surface area contributed by atoms with E-state index >= 15 is 0 Å². The molecular formula is C16H26N2O2. The molecule has 4 nitrogen and oxygen atoms in total. The molecule has 1 rings (SSSR count). The van der Waals surface area contributed by atoms with Crippen molar-refractivity contribution in [2.45, 2.75) is 45.8 Å². The number of aliphatic hydroxyl groups is 1. The number of aliphatic hydroxyl groups excluding tert-OH is 1. The summed E-state index contributed by atoms with van der Waals surface area (Å²) < 4.78 is 0. The Morgan fingerprint density at radius 3 is 2.40 bits per heavy atom. The highest BCUT2D eigenvalue weighted by molar-refractivity contribution is 5.47. The molecule has 0 spiro atoms. The highest BCUT2D eigenvalue weighted by atomic mass is 16.3. The Hall–Kier alpha value is -1.39.